The van der Waals surface area contributed by atoms with Crippen molar-refractivity contribution in [2.45, 2.75) is 31.6 Å². The molecule has 0 amide bonds. The molecule has 0 aliphatic heterocycles. The minimum Gasteiger partial charge on any atom is -0.461 e. The normalized spacial score (nSPS) is 10.7. The van der Waals surface area contributed by atoms with Crippen molar-refractivity contribution in [3.63, 3.8) is 0 Å². The average molecular weight is 290 g/mol. The number of esters is 1. The first-order valence-electron chi connectivity index (χ1n) is 6.83. The number of aromatic nitrogens is 2. The Morgan fingerprint density at radius 1 is 1.25 bits per heavy atom. The Morgan fingerprint density at radius 3 is 2.80 bits per heavy atom. The summed E-state index contributed by atoms with van der Waals surface area (Å²) in [6.45, 7) is 4.28. The van der Waals surface area contributed by atoms with Gasteiger partial charge in [-0.1, -0.05) is 31.5 Å². The number of carbonyl (C=O) groups excluding carboxylic acids is 1. The van der Waals surface area contributed by atoms with Gasteiger partial charge in [0.05, 0.1) is 17.0 Å². The highest BCUT2D eigenvalue weighted by molar-refractivity contribution is 7.99. The van der Waals surface area contributed by atoms with Gasteiger partial charge in [-0.15, -0.1) is 22.0 Å². The van der Waals surface area contributed by atoms with Crippen molar-refractivity contribution < 1.29 is 9.53 Å². The van der Waals surface area contributed by atoms with Gasteiger partial charge in [-0.05, 0) is 25.2 Å². The van der Waals surface area contributed by atoms with Crippen LogP contribution in [-0.4, -0.2) is 28.5 Å². The summed E-state index contributed by atoms with van der Waals surface area (Å²) in [7, 11) is 0. The molecular weight excluding hydrogens is 272 g/mol. The number of hydrogen-bond acceptors (Lipinski definition) is 5. The van der Waals surface area contributed by atoms with Crippen LogP contribution in [0.15, 0.2) is 29.2 Å². The van der Waals surface area contributed by atoms with Gasteiger partial charge >= 0.3 is 5.97 Å². The van der Waals surface area contributed by atoms with E-state index >= 15 is 0 Å². The second-order valence-electron chi connectivity index (χ2n) is 4.32. The Morgan fingerprint density at radius 2 is 2.05 bits per heavy atom. The predicted molar refractivity (Wildman–Crippen MR) is 81.1 cm³/mol. The van der Waals surface area contributed by atoms with Crippen LogP contribution in [0.5, 0.6) is 0 Å². The Kier molecular flexibility index (Phi) is 5.35. The lowest BCUT2D eigenvalue weighted by Crippen LogP contribution is -2.10. The number of unbranched alkanes of at least 4 members (excludes halogenated alkanes) is 1. The highest BCUT2D eigenvalue weighted by Gasteiger charge is 2.18. The Balaban J connectivity index is 2.44. The largest absolute Gasteiger partial charge is 0.461 e. The summed E-state index contributed by atoms with van der Waals surface area (Å²) in [4.78, 5) is 12.9. The molecule has 0 spiro atoms. The average Bonchev–Trinajstić information content (AvgIpc) is 2.47. The predicted octanol–water partition coefficient (Wildman–Crippen LogP) is 3.70. The molecule has 0 saturated heterocycles. The van der Waals surface area contributed by atoms with E-state index in [9.17, 15) is 4.79 Å². The van der Waals surface area contributed by atoms with E-state index in [1.54, 1.807) is 18.7 Å². The van der Waals surface area contributed by atoms with Crippen LogP contribution >= 0.6 is 11.8 Å². The molecule has 2 aromatic rings. The summed E-state index contributed by atoms with van der Waals surface area (Å²) in [5.41, 5.74) is 1.13. The lowest BCUT2D eigenvalue weighted by molar-refractivity contribution is 0.0514. The second kappa shape index (κ2) is 7.24. The van der Waals surface area contributed by atoms with Crippen molar-refractivity contribution in [1.29, 1.82) is 0 Å². The van der Waals surface area contributed by atoms with Crippen LogP contribution in [-0.2, 0) is 4.74 Å². The third kappa shape index (κ3) is 3.28. The molecule has 1 heterocycles. The third-order valence-corrected chi connectivity index (χ3v) is 4.03. The fourth-order valence-electron chi connectivity index (χ4n) is 1.83. The summed E-state index contributed by atoms with van der Waals surface area (Å²) in [6.07, 6.45) is 2.22. The van der Waals surface area contributed by atoms with Gasteiger partial charge in [0, 0.05) is 5.39 Å². The number of hydrogen-bond donors (Lipinski definition) is 0. The standard InChI is InChI=1S/C15H18N2O2S/c1-3-5-10-20-14-11-8-6-7-9-12(11)16-17-13(14)15(18)19-4-2/h6-9H,3-5,10H2,1-2H3. The van der Waals surface area contributed by atoms with Crippen molar-refractivity contribution in [3.8, 4) is 0 Å². The van der Waals surface area contributed by atoms with Crippen molar-refractivity contribution >= 4 is 28.6 Å². The molecule has 0 saturated carbocycles. The molecule has 1 aromatic carbocycles. The fraction of sp³-hybridized carbons (Fsp3) is 0.400. The van der Waals surface area contributed by atoms with Gasteiger partial charge in [-0.25, -0.2) is 4.79 Å². The lowest BCUT2D eigenvalue weighted by atomic mass is 10.2. The van der Waals surface area contributed by atoms with Crippen molar-refractivity contribution in [2.75, 3.05) is 12.4 Å². The second-order valence-corrected chi connectivity index (χ2v) is 5.42. The fourth-order valence-corrected chi connectivity index (χ4v) is 3.05. The molecule has 4 nitrogen and oxygen atoms in total. The maximum absolute atomic E-state index is 12.0. The number of benzene rings is 1. The number of nitrogens with zero attached hydrogens (tertiary/aromatic N) is 2. The number of ether oxygens (including phenoxy) is 1. The van der Waals surface area contributed by atoms with Crippen LogP contribution < -0.4 is 0 Å². The summed E-state index contributed by atoms with van der Waals surface area (Å²) in [6, 6.07) is 7.74. The smallest absolute Gasteiger partial charge is 0.360 e. The van der Waals surface area contributed by atoms with Crippen LogP contribution in [0, 0.1) is 0 Å². The number of carbonyl (C=O) groups is 1. The maximum atomic E-state index is 12.0. The van der Waals surface area contributed by atoms with Crippen LogP contribution in [0.4, 0.5) is 0 Å². The Labute approximate surface area is 122 Å². The molecule has 1 aromatic heterocycles. The van der Waals surface area contributed by atoms with Crippen molar-refractivity contribution in [1.82, 2.24) is 10.2 Å². The van der Waals surface area contributed by atoms with Gasteiger partial charge < -0.3 is 4.74 Å². The van der Waals surface area contributed by atoms with Crippen LogP contribution in [0.2, 0.25) is 0 Å². The first-order chi connectivity index (χ1) is 9.77. The van der Waals surface area contributed by atoms with Crippen molar-refractivity contribution in [3.05, 3.63) is 30.0 Å². The number of thioether (sulfide) groups is 1. The van der Waals surface area contributed by atoms with E-state index in [0.29, 0.717) is 12.3 Å². The van der Waals surface area contributed by atoms with Crippen LogP contribution in [0.25, 0.3) is 10.9 Å². The Bertz CT molecular complexity index is 601. The van der Waals surface area contributed by atoms with Gasteiger partial charge in [0.15, 0.2) is 5.69 Å². The van der Waals surface area contributed by atoms with E-state index in [4.69, 9.17) is 4.74 Å². The zero-order valence-corrected chi connectivity index (χ0v) is 12.6. The lowest BCUT2D eigenvalue weighted by Gasteiger charge is -2.09. The quantitative estimate of drug-likeness (QED) is 0.461. The molecule has 0 bridgehead atoms. The minimum absolute atomic E-state index is 0.326. The van der Waals surface area contributed by atoms with E-state index in [1.807, 2.05) is 24.3 Å². The van der Waals surface area contributed by atoms with Gasteiger partial charge in [0.25, 0.3) is 0 Å². The van der Waals surface area contributed by atoms with Gasteiger partial charge in [-0.3, -0.25) is 0 Å². The van der Waals surface area contributed by atoms with E-state index < -0.39 is 5.97 Å². The minimum atomic E-state index is -0.398. The number of fused-ring (bicyclic) bond motifs is 1. The van der Waals surface area contributed by atoms with E-state index in [-0.39, 0.29) is 0 Å². The molecule has 0 radical (unpaired) electrons. The highest BCUT2D eigenvalue weighted by Crippen LogP contribution is 2.30. The molecule has 20 heavy (non-hydrogen) atoms. The van der Waals surface area contributed by atoms with Crippen molar-refractivity contribution in [2.24, 2.45) is 0 Å². The topological polar surface area (TPSA) is 52.1 Å². The molecule has 2 rings (SSSR count). The molecule has 0 aliphatic rings. The van der Waals surface area contributed by atoms with E-state index in [2.05, 4.69) is 17.1 Å². The monoisotopic (exact) mass is 290 g/mol. The Hall–Kier alpha value is -1.62. The van der Waals surface area contributed by atoms with Gasteiger partial charge in [-0.2, -0.15) is 0 Å². The summed E-state index contributed by atoms with van der Waals surface area (Å²) in [5, 5.41) is 9.13. The van der Waals surface area contributed by atoms with Gasteiger partial charge in [0.1, 0.15) is 0 Å². The van der Waals surface area contributed by atoms with Crippen LogP contribution in [0.1, 0.15) is 37.2 Å². The molecule has 0 unspecified atom stereocenters. The summed E-state index contributed by atoms with van der Waals surface area (Å²) in [5.74, 6) is 0.559. The summed E-state index contributed by atoms with van der Waals surface area (Å²) < 4.78 is 5.07. The molecule has 106 valence electrons. The zero-order valence-electron chi connectivity index (χ0n) is 11.8. The van der Waals surface area contributed by atoms with Gasteiger partial charge in [0.2, 0.25) is 0 Å². The molecule has 0 aliphatic carbocycles. The first-order valence-corrected chi connectivity index (χ1v) is 7.81. The number of rotatable bonds is 6. The summed E-state index contributed by atoms with van der Waals surface area (Å²) >= 11 is 1.65. The molecular formula is C15H18N2O2S. The van der Waals surface area contributed by atoms with E-state index in [1.165, 1.54) is 0 Å². The highest BCUT2D eigenvalue weighted by atomic mass is 32.2. The van der Waals surface area contributed by atoms with Crippen LogP contribution in [0.3, 0.4) is 0 Å². The third-order valence-electron chi connectivity index (χ3n) is 2.83. The molecule has 5 heteroatoms. The molecule has 0 atom stereocenters. The molecule has 0 N–H and O–H groups in total. The SMILES string of the molecule is CCCCSc1c(C(=O)OCC)nnc2ccccc12. The zero-order chi connectivity index (χ0) is 14.4. The first kappa shape index (κ1) is 14.8. The van der Waals surface area contributed by atoms with E-state index in [0.717, 1.165) is 34.4 Å². The molecule has 0 fully saturated rings. The maximum Gasteiger partial charge on any atom is 0.360 e.